The van der Waals surface area contributed by atoms with E-state index in [1.54, 1.807) is 17.0 Å². The van der Waals surface area contributed by atoms with Crippen LogP contribution in [0.3, 0.4) is 0 Å². The van der Waals surface area contributed by atoms with E-state index in [1.165, 1.54) is 21.3 Å². The summed E-state index contributed by atoms with van der Waals surface area (Å²) in [5.74, 6) is 1.51. The molecular weight excluding hydrogens is 348 g/mol. The van der Waals surface area contributed by atoms with Gasteiger partial charge in [-0.15, -0.1) is 0 Å². The Hall–Kier alpha value is -2.44. The molecule has 0 unspecified atom stereocenters. The maximum Gasteiger partial charge on any atom is 0.254 e. The number of piperazine rings is 1. The second-order valence-corrected chi connectivity index (χ2v) is 6.54. The average molecular weight is 378 g/mol. The van der Waals surface area contributed by atoms with Gasteiger partial charge in [0.25, 0.3) is 5.91 Å². The Morgan fingerprint density at radius 3 is 1.78 bits per heavy atom. The number of amides is 2. The van der Waals surface area contributed by atoms with E-state index in [2.05, 4.69) is 0 Å². The van der Waals surface area contributed by atoms with Crippen LogP contribution >= 0.6 is 0 Å². The zero-order valence-electron chi connectivity index (χ0n) is 16.9. The number of ether oxygens (including phenoxy) is 3. The molecule has 0 bridgehead atoms. The highest BCUT2D eigenvalue weighted by molar-refractivity contribution is 5.96. The lowest BCUT2D eigenvalue weighted by Gasteiger charge is -2.36. The number of hydrogen-bond acceptors (Lipinski definition) is 5. The molecule has 150 valence electrons. The van der Waals surface area contributed by atoms with Crippen LogP contribution in [0.5, 0.6) is 17.2 Å². The maximum atomic E-state index is 12.9. The normalized spacial score (nSPS) is 14.3. The lowest BCUT2D eigenvalue weighted by Crippen LogP contribution is -2.51. The molecule has 1 saturated heterocycles. The molecule has 0 radical (unpaired) electrons. The third kappa shape index (κ3) is 4.46. The van der Waals surface area contributed by atoms with Crippen LogP contribution in [-0.2, 0) is 4.79 Å². The average Bonchev–Trinajstić information content (AvgIpc) is 2.72. The van der Waals surface area contributed by atoms with Gasteiger partial charge in [-0.25, -0.2) is 0 Å². The highest BCUT2D eigenvalue weighted by Gasteiger charge is 2.28. The number of rotatable bonds is 7. The second-order valence-electron chi connectivity index (χ2n) is 6.54. The van der Waals surface area contributed by atoms with Gasteiger partial charge < -0.3 is 24.0 Å². The number of carbonyl (C=O) groups excluding carboxylic acids is 2. The summed E-state index contributed by atoms with van der Waals surface area (Å²) in [6.45, 7) is 6.23. The molecule has 1 aliphatic rings. The van der Waals surface area contributed by atoms with Crippen LogP contribution in [0.2, 0.25) is 0 Å². The minimum absolute atomic E-state index is 0.0716. The third-order valence-corrected chi connectivity index (χ3v) is 5.13. The van der Waals surface area contributed by atoms with Crippen molar-refractivity contribution in [1.82, 2.24) is 9.80 Å². The van der Waals surface area contributed by atoms with Crippen LogP contribution in [0, 0.1) is 5.92 Å². The fraction of sp³-hybridized carbons (Fsp3) is 0.600. The molecule has 1 fully saturated rings. The summed E-state index contributed by atoms with van der Waals surface area (Å²) in [5.41, 5.74) is 0.476. The van der Waals surface area contributed by atoms with Crippen molar-refractivity contribution >= 4 is 11.8 Å². The van der Waals surface area contributed by atoms with Crippen molar-refractivity contribution in [3.05, 3.63) is 17.7 Å². The summed E-state index contributed by atoms with van der Waals surface area (Å²) in [6.07, 6.45) is 1.69. The van der Waals surface area contributed by atoms with Crippen LogP contribution in [-0.4, -0.2) is 69.1 Å². The van der Waals surface area contributed by atoms with Gasteiger partial charge in [-0.1, -0.05) is 13.8 Å². The summed E-state index contributed by atoms with van der Waals surface area (Å²) in [4.78, 5) is 29.1. The van der Waals surface area contributed by atoms with Gasteiger partial charge in [-0.05, 0) is 25.0 Å². The molecule has 2 rings (SSSR count). The zero-order chi connectivity index (χ0) is 20.0. The number of methoxy groups -OCH3 is 3. The van der Waals surface area contributed by atoms with E-state index >= 15 is 0 Å². The summed E-state index contributed by atoms with van der Waals surface area (Å²) < 4.78 is 16.0. The van der Waals surface area contributed by atoms with Crippen molar-refractivity contribution < 1.29 is 23.8 Å². The van der Waals surface area contributed by atoms with Gasteiger partial charge in [-0.2, -0.15) is 0 Å². The van der Waals surface area contributed by atoms with Gasteiger partial charge in [0, 0.05) is 37.7 Å². The molecule has 0 atom stereocenters. The first-order chi connectivity index (χ1) is 13.0. The van der Waals surface area contributed by atoms with Crippen molar-refractivity contribution in [2.75, 3.05) is 47.5 Å². The Labute approximate surface area is 161 Å². The SMILES string of the molecule is CCC(CC)C(=O)N1CCN(C(=O)c2cc(OC)c(OC)c(OC)c2)CC1. The van der Waals surface area contributed by atoms with Gasteiger partial charge >= 0.3 is 0 Å². The molecule has 0 spiro atoms. The van der Waals surface area contributed by atoms with E-state index in [0.717, 1.165) is 12.8 Å². The van der Waals surface area contributed by atoms with E-state index < -0.39 is 0 Å². The lowest BCUT2D eigenvalue weighted by atomic mass is 10.0. The zero-order valence-corrected chi connectivity index (χ0v) is 16.9. The smallest absolute Gasteiger partial charge is 0.254 e. The number of carbonyl (C=O) groups is 2. The highest BCUT2D eigenvalue weighted by Crippen LogP contribution is 2.38. The summed E-state index contributed by atoms with van der Waals surface area (Å²) in [7, 11) is 4.57. The predicted molar refractivity (Wildman–Crippen MR) is 103 cm³/mol. The van der Waals surface area contributed by atoms with Crippen molar-refractivity contribution in [3.8, 4) is 17.2 Å². The lowest BCUT2D eigenvalue weighted by molar-refractivity contribution is -0.137. The molecule has 0 aliphatic carbocycles. The van der Waals surface area contributed by atoms with Crippen molar-refractivity contribution in [2.45, 2.75) is 26.7 Å². The first kappa shape index (κ1) is 20.9. The highest BCUT2D eigenvalue weighted by atomic mass is 16.5. The topological polar surface area (TPSA) is 68.3 Å². The Bertz CT molecular complexity index is 639. The molecule has 27 heavy (non-hydrogen) atoms. The number of hydrogen-bond donors (Lipinski definition) is 0. The second kappa shape index (κ2) is 9.48. The largest absolute Gasteiger partial charge is 0.493 e. The van der Waals surface area contributed by atoms with E-state index in [1.807, 2.05) is 18.7 Å². The maximum absolute atomic E-state index is 12.9. The molecule has 7 nitrogen and oxygen atoms in total. The molecule has 0 N–H and O–H groups in total. The van der Waals surface area contributed by atoms with Crippen molar-refractivity contribution in [1.29, 1.82) is 0 Å². The van der Waals surface area contributed by atoms with Crippen molar-refractivity contribution in [2.24, 2.45) is 5.92 Å². The van der Waals surface area contributed by atoms with E-state index in [0.29, 0.717) is 49.0 Å². The van der Waals surface area contributed by atoms with Gasteiger partial charge in [0.1, 0.15) is 0 Å². The molecule has 1 aliphatic heterocycles. The van der Waals surface area contributed by atoms with Crippen LogP contribution in [0.15, 0.2) is 12.1 Å². The number of nitrogens with zero attached hydrogens (tertiary/aromatic N) is 2. The molecule has 1 heterocycles. The minimum atomic E-state index is -0.108. The third-order valence-electron chi connectivity index (χ3n) is 5.13. The minimum Gasteiger partial charge on any atom is -0.493 e. The fourth-order valence-electron chi connectivity index (χ4n) is 3.41. The summed E-state index contributed by atoms with van der Waals surface area (Å²) >= 11 is 0. The first-order valence-corrected chi connectivity index (χ1v) is 9.38. The van der Waals surface area contributed by atoms with Gasteiger partial charge in [0.05, 0.1) is 21.3 Å². The van der Waals surface area contributed by atoms with Crippen molar-refractivity contribution in [3.63, 3.8) is 0 Å². The Morgan fingerprint density at radius 1 is 0.889 bits per heavy atom. The van der Waals surface area contributed by atoms with Crippen LogP contribution in [0.1, 0.15) is 37.0 Å². The fourth-order valence-corrected chi connectivity index (χ4v) is 3.41. The van der Waals surface area contributed by atoms with E-state index in [4.69, 9.17) is 14.2 Å². The quantitative estimate of drug-likeness (QED) is 0.729. The summed E-state index contributed by atoms with van der Waals surface area (Å²) in [6, 6.07) is 3.32. The van der Waals surface area contributed by atoms with Crippen LogP contribution < -0.4 is 14.2 Å². The van der Waals surface area contributed by atoms with Crippen LogP contribution in [0.25, 0.3) is 0 Å². The number of benzene rings is 1. The van der Waals surface area contributed by atoms with Crippen LogP contribution in [0.4, 0.5) is 0 Å². The predicted octanol–water partition coefficient (Wildman–Crippen LogP) is 2.43. The molecule has 0 saturated carbocycles. The molecule has 0 aromatic heterocycles. The molecular formula is C20H30N2O5. The Kier molecular flexibility index (Phi) is 7.33. The van der Waals surface area contributed by atoms with Gasteiger partial charge in [-0.3, -0.25) is 9.59 Å². The summed E-state index contributed by atoms with van der Waals surface area (Å²) in [5, 5.41) is 0. The monoisotopic (exact) mass is 378 g/mol. The Morgan fingerprint density at radius 2 is 1.37 bits per heavy atom. The van der Waals surface area contributed by atoms with E-state index in [-0.39, 0.29) is 17.7 Å². The Balaban J connectivity index is 2.11. The molecule has 7 heteroatoms. The van der Waals surface area contributed by atoms with Gasteiger partial charge in [0.15, 0.2) is 11.5 Å². The van der Waals surface area contributed by atoms with Gasteiger partial charge in [0.2, 0.25) is 11.7 Å². The first-order valence-electron chi connectivity index (χ1n) is 9.38. The molecule has 2 amide bonds. The standard InChI is InChI=1S/C20H30N2O5/c1-6-14(7-2)19(23)21-8-10-22(11-9-21)20(24)15-12-16(25-3)18(27-5)17(13-15)26-4/h12-14H,6-11H2,1-5H3. The molecule has 1 aromatic rings. The van der Waals surface area contributed by atoms with E-state index in [9.17, 15) is 9.59 Å². The molecule has 1 aromatic carbocycles.